The zero-order chi connectivity index (χ0) is 25.8. The Morgan fingerprint density at radius 1 is 1.17 bits per heavy atom. The zero-order valence-electron chi connectivity index (χ0n) is 19.1. The lowest BCUT2D eigenvalue weighted by Gasteiger charge is -2.25. The number of sulfone groups is 1. The Morgan fingerprint density at radius 2 is 1.80 bits per heavy atom. The van der Waals surface area contributed by atoms with Crippen molar-refractivity contribution in [2.45, 2.75) is 30.7 Å². The Morgan fingerprint density at radius 3 is 2.40 bits per heavy atom. The van der Waals surface area contributed by atoms with Gasteiger partial charge in [0.05, 0.1) is 23.8 Å². The number of carbonyl (C=O) groups excluding carboxylic acids is 1. The Bertz CT molecular complexity index is 1470. The van der Waals surface area contributed by atoms with Crippen molar-refractivity contribution in [3.8, 4) is 11.8 Å². The molecule has 1 aromatic heterocycles. The van der Waals surface area contributed by atoms with Crippen LogP contribution in [-0.2, 0) is 21.2 Å². The first-order valence-corrected chi connectivity index (χ1v) is 12.4. The average Bonchev–Trinajstić information content (AvgIpc) is 2.85. The largest absolute Gasteiger partial charge is 0.393 e. The van der Waals surface area contributed by atoms with E-state index >= 15 is 0 Å². The smallest absolute Gasteiger partial charge is 0.264 e. The van der Waals surface area contributed by atoms with Gasteiger partial charge in [-0.25, -0.2) is 18.9 Å². The van der Waals surface area contributed by atoms with Crippen LogP contribution in [0.5, 0.6) is 0 Å². The van der Waals surface area contributed by atoms with E-state index in [1.54, 1.807) is 42.5 Å². The number of rotatable bonds is 7. The molecule has 0 bridgehead atoms. The predicted molar refractivity (Wildman–Crippen MR) is 128 cm³/mol. The number of aliphatic hydroxyl groups excluding tert-OH is 2. The molecule has 0 aliphatic rings. The van der Waals surface area contributed by atoms with Crippen molar-refractivity contribution in [1.29, 1.82) is 0 Å². The molecule has 4 N–H and O–H groups in total. The molecular formula is C24H25N3O7S. The number of fused-ring (bicyclic) bond motifs is 1. The number of nitrogens with one attached hydrogen (secondary N) is 1. The number of hydrogen-bond acceptors (Lipinski definition) is 8. The minimum Gasteiger partial charge on any atom is -0.393 e. The molecule has 0 unspecified atom stereocenters. The van der Waals surface area contributed by atoms with Gasteiger partial charge >= 0.3 is 0 Å². The van der Waals surface area contributed by atoms with Crippen LogP contribution in [0.2, 0.25) is 0 Å². The first-order valence-electron chi connectivity index (χ1n) is 10.5. The lowest BCUT2D eigenvalue weighted by Crippen LogP contribution is -2.50. The fraction of sp³-hybridized carbons (Fsp3) is 0.292. The highest BCUT2D eigenvalue weighted by atomic mass is 32.2. The third kappa shape index (κ3) is 5.58. The maximum atomic E-state index is 12.9. The van der Waals surface area contributed by atoms with E-state index in [4.69, 9.17) is 10.3 Å². The second-order valence-electron chi connectivity index (χ2n) is 8.24. The van der Waals surface area contributed by atoms with Crippen LogP contribution in [0.25, 0.3) is 10.9 Å². The van der Waals surface area contributed by atoms with Gasteiger partial charge in [0.25, 0.3) is 11.5 Å². The molecule has 184 valence electrons. The van der Waals surface area contributed by atoms with Crippen molar-refractivity contribution in [3.05, 3.63) is 75.8 Å². The van der Waals surface area contributed by atoms with E-state index < -0.39 is 32.2 Å². The number of aliphatic hydroxyl groups is 2. The normalized spacial score (nSPS) is 14.0. The van der Waals surface area contributed by atoms with Gasteiger partial charge in [-0.1, -0.05) is 24.0 Å². The molecule has 3 rings (SSSR count). The molecular weight excluding hydrogens is 474 g/mol. The molecule has 0 saturated carbocycles. The number of nitrogens with zero attached hydrogens (tertiary/aromatic N) is 2. The topological polar surface area (TPSA) is 159 Å². The minimum atomic E-state index is -3.89. The van der Waals surface area contributed by atoms with Crippen molar-refractivity contribution in [2.75, 3.05) is 12.9 Å². The Kier molecular flexibility index (Phi) is 7.72. The third-order valence-electron chi connectivity index (χ3n) is 5.87. The van der Waals surface area contributed by atoms with Crippen molar-refractivity contribution in [2.24, 2.45) is 0 Å². The molecule has 35 heavy (non-hydrogen) atoms. The molecule has 2 atom stereocenters. The molecule has 10 nitrogen and oxygen atoms in total. The minimum absolute atomic E-state index is 0.110. The summed E-state index contributed by atoms with van der Waals surface area (Å²) in [6, 6.07) is 11.7. The summed E-state index contributed by atoms with van der Waals surface area (Å²) in [5, 5.41) is 27.9. The van der Waals surface area contributed by atoms with Gasteiger partial charge in [-0.3, -0.25) is 19.4 Å². The SMILES string of the molecule is C[C@@](CCn1cnc2cc(C#Cc3ccc([C@@H](O)CO)cc3)ccc2c1=O)(C(=O)NO)S(C)(=O)=O. The summed E-state index contributed by atoms with van der Waals surface area (Å²) in [7, 11) is -3.89. The summed E-state index contributed by atoms with van der Waals surface area (Å²) < 4.78 is 23.5. The highest BCUT2D eigenvalue weighted by molar-refractivity contribution is 7.92. The maximum absolute atomic E-state index is 12.9. The molecule has 1 heterocycles. The molecule has 3 aromatic rings. The molecule has 0 radical (unpaired) electrons. The van der Waals surface area contributed by atoms with Gasteiger partial charge in [0, 0.05) is 23.9 Å². The average molecular weight is 500 g/mol. The van der Waals surface area contributed by atoms with E-state index in [0.717, 1.165) is 6.26 Å². The number of amides is 1. The summed E-state index contributed by atoms with van der Waals surface area (Å²) >= 11 is 0. The van der Waals surface area contributed by atoms with Crippen molar-refractivity contribution in [3.63, 3.8) is 0 Å². The Hall–Kier alpha value is -3.56. The highest BCUT2D eigenvalue weighted by Gasteiger charge is 2.43. The van der Waals surface area contributed by atoms with Gasteiger partial charge in [0.1, 0.15) is 6.10 Å². The quantitative estimate of drug-likeness (QED) is 0.208. The number of hydrogen-bond donors (Lipinski definition) is 4. The fourth-order valence-electron chi connectivity index (χ4n) is 3.35. The molecule has 0 aliphatic carbocycles. The van der Waals surface area contributed by atoms with Crippen molar-refractivity contribution < 1.29 is 28.6 Å². The highest BCUT2D eigenvalue weighted by Crippen LogP contribution is 2.22. The molecule has 0 aliphatic heterocycles. The Balaban J connectivity index is 1.84. The zero-order valence-corrected chi connectivity index (χ0v) is 19.9. The van der Waals surface area contributed by atoms with Crippen LogP contribution in [0.15, 0.2) is 53.6 Å². The van der Waals surface area contributed by atoms with E-state index in [1.165, 1.54) is 23.3 Å². The van der Waals surface area contributed by atoms with Crippen molar-refractivity contribution >= 4 is 26.6 Å². The van der Waals surface area contributed by atoms with Gasteiger partial charge in [-0.15, -0.1) is 0 Å². The van der Waals surface area contributed by atoms with Gasteiger partial charge in [0.15, 0.2) is 14.6 Å². The summed E-state index contributed by atoms with van der Waals surface area (Å²) in [5.41, 5.74) is 3.27. The van der Waals surface area contributed by atoms with Crippen molar-refractivity contribution in [1.82, 2.24) is 15.0 Å². The lowest BCUT2D eigenvalue weighted by molar-refractivity contribution is -0.131. The van der Waals surface area contributed by atoms with E-state index in [2.05, 4.69) is 16.8 Å². The van der Waals surface area contributed by atoms with Crippen LogP contribution in [0, 0.1) is 11.8 Å². The van der Waals surface area contributed by atoms with E-state index in [9.17, 15) is 23.1 Å². The second kappa shape index (κ2) is 10.4. The van der Waals surface area contributed by atoms with E-state index in [-0.39, 0.29) is 19.6 Å². The number of hydroxylamine groups is 1. The summed E-state index contributed by atoms with van der Waals surface area (Å²) in [5.74, 6) is 4.89. The summed E-state index contributed by atoms with van der Waals surface area (Å²) in [4.78, 5) is 29.1. The Labute approximate surface area is 201 Å². The standard InChI is InChI=1S/C24H25N3O7S/c1-24(23(31)26-32,35(2,33)34)11-12-27-15-25-20-13-17(7-10-19(20)22(27)30)4-3-16-5-8-18(9-6-16)21(29)14-28/h5-10,13,15,21,28-29,32H,11-12,14H2,1-2H3,(H,26,31)/t21-,24+/m0/s1. The van der Waals surface area contributed by atoms with Crippen LogP contribution in [0.4, 0.5) is 0 Å². The van der Waals surface area contributed by atoms with Gasteiger partial charge < -0.3 is 10.2 Å². The number of benzene rings is 2. The van der Waals surface area contributed by atoms with Crippen LogP contribution in [0.1, 0.15) is 36.1 Å². The maximum Gasteiger partial charge on any atom is 0.264 e. The predicted octanol–water partition coefficient (Wildman–Crippen LogP) is 0.521. The van der Waals surface area contributed by atoms with Gasteiger partial charge in [-0.05, 0) is 49.2 Å². The molecule has 11 heteroatoms. The van der Waals surface area contributed by atoms with Gasteiger partial charge in [0.2, 0.25) is 0 Å². The van der Waals surface area contributed by atoms with Crippen LogP contribution < -0.4 is 11.0 Å². The summed E-state index contributed by atoms with van der Waals surface area (Å²) in [6.07, 6.45) is 0.967. The first kappa shape index (κ1) is 26.1. The monoisotopic (exact) mass is 499 g/mol. The lowest BCUT2D eigenvalue weighted by atomic mass is 10.1. The molecule has 0 fully saturated rings. The number of carbonyl (C=O) groups is 1. The number of aryl methyl sites for hydroxylation is 1. The molecule has 0 saturated heterocycles. The molecule has 0 spiro atoms. The first-order chi connectivity index (χ1) is 16.5. The molecule has 2 aromatic carbocycles. The summed E-state index contributed by atoms with van der Waals surface area (Å²) in [6.45, 7) is 0.702. The van der Waals surface area contributed by atoms with E-state index in [0.29, 0.717) is 27.6 Å². The van der Waals surface area contributed by atoms with Crippen LogP contribution in [0.3, 0.4) is 0 Å². The third-order valence-corrected chi connectivity index (χ3v) is 7.90. The van der Waals surface area contributed by atoms with Gasteiger partial charge in [-0.2, -0.15) is 0 Å². The van der Waals surface area contributed by atoms with Crippen LogP contribution in [-0.4, -0.2) is 56.9 Å². The van der Waals surface area contributed by atoms with E-state index in [1.807, 2.05) is 0 Å². The fourth-order valence-corrected chi connectivity index (χ4v) is 4.20. The van der Waals surface area contributed by atoms with Crippen LogP contribution >= 0.6 is 0 Å². The number of aromatic nitrogens is 2. The molecule has 1 amide bonds. The second-order valence-corrected chi connectivity index (χ2v) is 10.7.